The fourth-order valence-electron chi connectivity index (χ4n) is 2.67. The van der Waals surface area contributed by atoms with Crippen LogP contribution in [0, 0.1) is 5.82 Å². The molecule has 1 fully saturated rings. The molecular weight excluding hydrogens is 365 g/mol. The zero-order valence-corrected chi connectivity index (χ0v) is 13.0. The quantitative estimate of drug-likeness (QED) is 0.784. The predicted octanol–water partition coefficient (Wildman–Crippen LogP) is 4.40. The molecule has 2 rings (SSSR count). The van der Waals surface area contributed by atoms with Crippen LogP contribution in [0.1, 0.15) is 23.6 Å². The van der Waals surface area contributed by atoms with Crippen LogP contribution < -0.4 is 5.32 Å². The highest BCUT2D eigenvalue weighted by Crippen LogP contribution is 2.40. The average Bonchev–Trinajstić information content (AvgIpc) is 2.46. The zero-order chi connectivity index (χ0) is 18.1. The van der Waals surface area contributed by atoms with Gasteiger partial charge in [-0.15, -0.1) is 0 Å². The molecule has 1 aromatic carbocycles. The first-order valence-electron chi connectivity index (χ1n) is 7.06. The third-order valence-corrected chi connectivity index (χ3v) is 4.03. The van der Waals surface area contributed by atoms with Gasteiger partial charge in [0.15, 0.2) is 0 Å². The molecule has 24 heavy (non-hydrogen) atoms. The van der Waals surface area contributed by atoms with Gasteiger partial charge in [-0.05, 0) is 12.1 Å². The number of benzene rings is 1. The van der Waals surface area contributed by atoms with E-state index in [2.05, 4.69) is 5.32 Å². The van der Waals surface area contributed by atoms with Crippen LogP contribution in [0.2, 0.25) is 5.02 Å². The van der Waals surface area contributed by atoms with Crippen molar-refractivity contribution in [2.75, 3.05) is 26.2 Å². The molecule has 1 atom stereocenters. The lowest BCUT2D eigenvalue weighted by molar-refractivity contribution is -0.149. The molecule has 0 saturated carbocycles. The predicted molar refractivity (Wildman–Crippen MR) is 74.3 cm³/mol. The summed E-state index contributed by atoms with van der Waals surface area (Å²) in [6, 6.07) is -0.769. The summed E-state index contributed by atoms with van der Waals surface area (Å²) in [6.07, 6.45) is -11.0. The maximum atomic E-state index is 14.2. The smallest absolute Gasteiger partial charge is 0.314 e. The van der Waals surface area contributed by atoms with Gasteiger partial charge in [0.1, 0.15) is 5.82 Å². The van der Waals surface area contributed by atoms with Crippen molar-refractivity contribution < 1.29 is 30.7 Å². The van der Waals surface area contributed by atoms with E-state index in [4.69, 9.17) is 11.6 Å². The van der Waals surface area contributed by atoms with Gasteiger partial charge in [0.2, 0.25) is 0 Å². The molecule has 1 aliphatic rings. The molecule has 0 aliphatic carbocycles. The van der Waals surface area contributed by atoms with Crippen LogP contribution in [0.25, 0.3) is 0 Å². The van der Waals surface area contributed by atoms with Crippen molar-refractivity contribution in [1.82, 2.24) is 10.2 Å². The van der Waals surface area contributed by atoms with E-state index in [-0.39, 0.29) is 13.1 Å². The normalized spacial score (nSPS) is 18.7. The van der Waals surface area contributed by atoms with E-state index in [1.807, 2.05) is 0 Å². The first kappa shape index (κ1) is 19.3. The van der Waals surface area contributed by atoms with E-state index in [1.54, 1.807) is 0 Å². The minimum absolute atomic E-state index is 0.161. The minimum Gasteiger partial charge on any atom is -0.314 e. The summed E-state index contributed by atoms with van der Waals surface area (Å²) in [4.78, 5) is 1.32. The average molecular weight is 379 g/mol. The number of hydrogen-bond acceptors (Lipinski definition) is 2. The molecule has 1 N–H and O–H groups in total. The van der Waals surface area contributed by atoms with Crippen molar-refractivity contribution in [2.24, 2.45) is 0 Å². The second-order valence-electron chi connectivity index (χ2n) is 5.48. The summed E-state index contributed by atoms with van der Waals surface area (Å²) in [5, 5.41) is 2.08. The Balaban J connectivity index is 2.49. The van der Waals surface area contributed by atoms with Gasteiger partial charge in [0.05, 0.1) is 17.0 Å². The molecule has 10 heteroatoms. The Morgan fingerprint density at radius 1 is 1.08 bits per heavy atom. The van der Waals surface area contributed by atoms with E-state index in [9.17, 15) is 30.7 Å². The van der Waals surface area contributed by atoms with Crippen LogP contribution in [0.5, 0.6) is 0 Å². The van der Waals surface area contributed by atoms with Crippen molar-refractivity contribution in [3.63, 3.8) is 0 Å². The highest BCUT2D eigenvalue weighted by Gasteiger charge is 2.39. The first-order valence-corrected chi connectivity index (χ1v) is 7.44. The van der Waals surface area contributed by atoms with Crippen LogP contribution in [-0.4, -0.2) is 37.3 Å². The number of nitrogens with zero attached hydrogens (tertiary/aromatic N) is 1. The molecule has 0 spiro atoms. The number of halogens is 8. The highest BCUT2D eigenvalue weighted by molar-refractivity contribution is 6.30. The molecule has 1 aliphatic heterocycles. The summed E-state index contributed by atoms with van der Waals surface area (Å²) in [7, 11) is 0. The fraction of sp³-hybridized carbons (Fsp3) is 0.571. The van der Waals surface area contributed by atoms with E-state index in [1.165, 1.54) is 4.90 Å². The van der Waals surface area contributed by atoms with Gasteiger partial charge in [0.25, 0.3) is 0 Å². The molecular formula is C14H14ClF7N2. The van der Waals surface area contributed by atoms with E-state index < -0.39 is 46.8 Å². The molecule has 1 heterocycles. The van der Waals surface area contributed by atoms with Gasteiger partial charge >= 0.3 is 12.4 Å². The van der Waals surface area contributed by atoms with Gasteiger partial charge in [0, 0.05) is 37.8 Å². The maximum absolute atomic E-state index is 14.2. The van der Waals surface area contributed by atoms with Crippen LogP contribution in [0.4, 0.5) is 30.7 Å². The Hall–Kier alpha value is -1.06. The Morgan fingerprint density at radius 3 is 2.17 bits per heavy atom. The molecule has 0 bridgehead atoms. The van der Waals surface area contributed by atoms with E-state index in [0.29, 0.717) is 25.2 Å². The summed E-state index contributed by atoms with van der Waals surface area (Å²) in [5.41, 5.74) is -1.96. The SMILES string of the molecule is Fc1c(Cl)cc(C(F)(F)F)cc1[C@@H](CC(F)(F)F)N1CCNCC1. The first-order chi connectivity index (χ1) is 11.0. The second kappa shape index (κ2) is 7.05. The molecule has 0 radical (unpaired) electrons. The standard InChI is InChI=1S/C14H14ClF7N2/c15-10-6-8(14(20,21)22)5-9(12(10)16)11(7-13(17,18)19)24-3-1-23-2-4-24/h5-6,11,23H,1-4,7H2/t11-/m1/s1. The molecule has 136 valence electrons. The maximum Gasteiger partial charge on any atom is 0.416 e. The number of nitrogens with one attached hydrogen (secondary N) is 1. The van der Waals surface area contributed by atoms with Crippen molar-refractivity contribution in [3.8, 4) is 0 Å². The van der Waals surface area contributed by atoms with Crippen molar-refractivity contribution >= 4 is 11.6 Å². The molecule has 0 unspecified atom stereocenters. The molecule has 0 amide bonds. The Morgan fingerprint density at radius 2 is 1.67 bits per heavy atom. The van der Waals surface area contributed by atoms with E-state index in [0.717, 1.165) is 0 Å². The summed E-state index contributed by atoms with van der Waals surface area (Å²) >= 11 is 5.49. The van der Waals surface area contributed by atoms with Crippen LogP contribution in [0.3, 0.4) is 0 Å². The Labute approximate surface area is 138 Å². The third kappa shape index (κ3) is 4.73. The lowest BCUT2D eigenvalue weighted by Crippen LogP contribution is -2.46. The minimum atomic E-state index is -4.83. The van der Waals surface area contributed by atoms with E-state index >= 15 is 0 Å². The van der Waals surface area contributed by atoms with Crippen molar-refractivity contribution in [3.05, 3.63) is 34.1 Å². The Bertz CT molecular complexity index is 580. The number of piperazine rings is 1. The number of hydrogen-bond donors (Lipinski definition) is 1. The Kier molecular flexibility index (Phi) is 5.66. The van der Waals surface area contributed by atoms with Gasteiger partial charge in [-0.25, -0.2) is 4.39 Å². The van der Waals surface area contributed by atoms with Gasteiger partial charge in [-0.2, -0.15) is 26.3 Å². The number of alkyl halides is 6. The summed E-state index contributed by atoms with van der Waals surface area (Å²) in [6.45, 7) is 1.05. The molecule has 2 nitrogen and oxygen atoms in total. The lowest BCUT2D eigenvalue weighted by Gasteiger charge is -2.36. The zero-order valence-electron chi connectivity index (χ0n) is 12.2. The van der Waals surface area contributed by atoms with Gasteiger partial charge in [-0.1, -0.05) is 11.6 Å². The third-order valence-electron chi connectivity index (χ3n) is 3.76. The van der Waals surface area contributed by atoms with Crippen LogP contribution in [0.15, 0.2) is 12.1 Å². The highest BCUT2D eigenvalue weighted by atomic mass is 35.5. The lowest BCUT2D eigenvalue weighted by atomic mass is 9.97. The monoisotopic (exact) mass is 378 g/mol. The largest absolute Gasteiger partial charge is 0.416 e. The number of rotatable bonds is 3. The molecule has 0 aromatic heterocycles. The van der Waals surface area contributed by atoms with Gasteiger partial charge < -0.3 is 5.32 Å². The molecule has 1 saturated heterocycles. The van der Waals surface area contributed by atoms with Crippen molar-refractivity contribution in [2.45, 2.75) is 24.8 Å². The summed E-state index contributed by atoms with van der Waals surface area (Å²) < 4.78 is 91.6. The van der Waals surface area contributed by atoms with Gasteiger partial charge in [-0.3, -0.25) is 4.90 Å². The summed E-state index contributed by atoms with van der Waals surface area (Å²) in [5.74, 6) is -1.25. The van der Waals surface area contributed by atoms with Crippen LogP contribution >= 0.6 is 11.6 Å². The fourth-order valence-corrected chi connectivity index (χ4v) is 2.89. The van der Waals surface area contributed by atoms with Crippen LogP contribution in [-0.2, 0) is 6.18 Å². The second-order valence-corrected chi connectivity index (χ2v) is 5.89. The topological polar surface area (TPSA) is 15.3 Å². The molecule has 1 aromatic rings. The van der Waals surface area contributed by atoms with Crippen molar-refractivity contribution in [1.29, 1.82) is 0 Å².